The molecule has 4 nitrogen and oxygen atoms in total. The summed E-state index contributed by atoms with van der Waals surface area (Å²) in [5.74, 6) is 1.86. The van der Waals surface area contributed by atoms with Gasteiger partial charge in [0.05, 0.1) is 4.83 Å². The van der Waals surface area contributed by atoms with Crippen LogP contribution >= 0.6 is 15.9 Å². The first kappa shape index (κ1) is 11.5. The van der Waals surface area contributed by atoms with Gasteiger partial charge in [0, 0.05) is 26.2 Å². The largest absolute Gasteiger partial charge is 0.484 e. The minimum absolute atomic E-state index is 0.0534. The summed E-state index contributed by atoms with van der Waals surface area (Å²) >= 11 is 3.49. The highest BCUT2D eigenvalue weighted by Gasteiger charge is 2.40. The number of ether oxygens (including phenoxy) is 1. The molecule has 0 aromatic carbocycles. The van der Waals surface area contributed by atoms with Gasteiger partial charge in [0.1, 0.15) is 6.10 Å². The Morgan fingerprint density at radius 2 is 2.12 bits per heavy atom. The van der Waals surface area contributed by atoms with Gasteiger partial charge in [-0.25, -0.2) is 0 Å². The van der Waals surface area contributed by atoms with E-state index >= 15 is 0 Å². The third-order valence-electron chi connectivity index (χ3n) is 3.96. The normalized spacial score (nSPS) is 40.1. The number of fused-ring (bicyclic) bond motifs is 1. The highest BCUT2D eigenvalue weighted by Crippen LogP contribution is 2.30. The van der Waals surface area contributed by atoms with E-state index in [4.69, 9.17) is 4.74 Å². The first-order valence-corrected chi connectivity index (χ1v) is 7.09. The number of hydrogen-bond acceptors (Lipinski definition) is 3. The molecule has 3 heterocycles. The highest BCUT2D eigenvalue weighted by atomic mass is 79.9. The molecule has 0 bridgehead atoms. The van der Waals surface area contributed by atoms with Crippen molar-refractivity contribution in [2.45, 2.75) is 17.9 Å². The maximum absolute atomic E-state index is 12.3. The van der Waals surface area contributed by atoms with Crippen molar-refractivity contribution in [3.63, 3.8) is 0 Å². The van der Waals surface area contributed by atoms with E-state index in [0.717, 1.165) is 26.2 Å². The number of carbonyl (C=O) groups is 1. The topological polar surface area (TPSA) is 41.6 Å². The number of hydrogen-bond donors (Lipinski definition) is 1. The van der Waals surface area contributed by atoms with Crippen LogP contribution in [0.4, 0.5) is 0 Å². The maximum Gasteiger partial charge on any atom is 0.288 e. The standard InChI is InChI=1S/C12H17BrN2O2/c1-7-10(13)2-11(17-7)12(16)15-5-8-3-14-4-9(8)6-15/h2,7-10,14H,3-6H2,1H3. The predicted molar refractivity (Wildman–Crippen MR) is 67.8 cm³/mol. The van der Waals surface area contributed by atoms with Crippen LogP contribution in [0.2, 0.25) is 0 Å². The SMILES string of the molecule is CC1OC(C(=O)N2CC3CNCC3C2)=CC1Br. The van der Waals surface area contributed by atoms with Crippen molar-refractivity contribution in [3.8, 4) is 0 Å². The first-order chi connectivity index (χ1) is 8.15. The Morgan fingerprint density at radius 3 is 2.65 bits per heavy atom. The summed E-state index contributed by atoms with van der Waals surface area (Å²) in [7, 11) is 0. The fourth-order valence-corrected chi connectivity index (χ4v) is 3.23. The average Bonchev–Trinajstić information content (AvgIpc) is 2.92. The summed E-state index contributed by atoms with van der Waals surface area (Å²) < 4.78 is 5.58. The zero-order chi connectivity index (χ0) is 12.0. The van der Waals surface area contributed by atoms with E-state index in [-0.39, 0.29) is 16.8 Å². The predicted octanol–water partition coefficient (Wildman–Crippen LogP) is 0.730. The van der Waals surface area contributed by atoms with Crippen molar-refractivity contribution in [2.75, 3.05) is 26.2 Å². The van der Waals surface area contributed by atoms with Gasteiger partial charge in [-0.1, -0.05) is 15.9 Å². The van der Waals surface area contributed by atoms with Crippen LogP contribution in [0.15, 0.2) is 11.8 Å². The Kier molecular flexibility index (Phi) is 2.91. The molecule has 0 aromatic rings. The maximum atomic E-state index is 12.3. The van der Waals surface area contributed by atoms with Gasteiger partial charge in [-0.05, 0) is 24.8 Å². The van der Waals surface area contributed by atoms with Crippen molar-refractivity contribution in [2.24, 2.45) is 11.8 Å². The minimum Gasteiger partial charge on any atom is -0.484 e. The lowest BCUT2D eigenvalue weighted by Crippen LogP contribution is -2.33. The average molecular weight is 301 g/mol. The van der Waals surface area contributed by atoms with Crippen LogP contribution in [0.3, 0.4) is 0 Å². The fraction of sp³-hybridized carbons (Fsp3) is 0.750. The molecular weight excluding hydrogens is 284 g/mol. The van der Waals surface area contributed by atoms with Crippen LogP contribution in [0.25, 0.3) is 0 Å². The molecule has 0 saturated carbocycles. The van der Waals surface area contributed by atoms with Gasteiger partial charge in [-0.15, -0.1) is 0 Å². The molecule has 0 aliphatic carbocycles. The first-order valence-electron chi connectivity index (χ1n) is 6.17. The van der Waals surface area contributed by atoms with Crippen LogP contribution in [0.1, 0.15) is 6.92 Å². The molecule has 94 valence electrons. The Hall–Kier alpha value is -0.550. The number of amides is 1. The molecular formula is C12H17BrN2O2. The fourth-order valence-electron chi connectivity index (χ4n) is 2.88. The molecule has 4 unspecified atom stereocenters. The molecule has 2 saturated heterocycles. The van der Waals surface area contributed by atoms with Crippen LogP contribution < -0.4 is 5.32 Å². The van der Waals surface area contributed by atoms with Gasteiger partial charge in [-0.3, -0.25) is 4.79 Å². The highest BCUT2D eigenvalue weighted by molar-refractivity contribution is 9.09. The van der Waals surface area contributed by atoms with Gasteiger partial charge in [-0.2, -0.15) is 0 Å². The third kappa shape index (κ3) is 1.99. The van der Waals surface area contributed by atoms with Crippen LogP contribution in [0, 0.1) is 11.8 Å². The number of carbonyl (C=O) groups excluding carboxylic acids is 1. The van der Waals surface area contributed by atoms with Gasteiger partial charge in [0.25, 0.3) is 5.91 Å². The molecule has 3 aliphatic rings. The lowest BCUT2D eigenvalue weighted by Gasteiger charge is -2.18. The van der Waals surface area contributed by atoms with Crippen LogP contribution in [0.5, 0.6) is 0 Å². The molecule has 17 heavy (non-hydrogen) atoms. The summed E-state index contributed by atoms with van der Waals surface area (Å²) in [5, 5.41) is 3.38. The van der Waals surface area contributed by atoms with E-state index in [2.05, 4.69) is 21.2 Å². The van der Waals surface area contributed by atoms with E-state index in [1.807, 2.05) is 17.9 Å². The second kappa shape index (κ2) is 4.28. The molecule has 1 amide bonds. The molecule has 3 aliphatic heterocycles. The monoisotopic (exact) mass is 300 g/mol. The van der Waals surface area contributed by atoms with Crippen molar-refractivity contribution in [1.29, 1.82) is 0 Å². The number of nitrogens with zero attached hydrogens (tertiary/aromatic N) is 1. The second-order valence-electron chi connectivity index (χ2n) is 5.19. The van der Waals surface area contributed by atoms with Gasteiger partial charge < -0.3 is 15.0 Å². The van der Waals surface area contributed by atoms with E-state index in [1.165, 1.54) is 0 Å². The summed E-state index contributed by atoms with van der Waals surface area (Å²) in [6.45, 7) is 5.81. The zero-order valence-electron chi connectivity index (χ0n) is 9.86. The van der Waals surface area contributed by atoms with Crippen molar-refractivity contribution < 1.29 is 9.53 Å². The molecule has 0 spiro atoms. The van der Waals surface area contributed by atoms with Crippen molar-refractivity contribution in [1.82, 2.24) is 10.2 Å². The summed E-state index contributed by atoms with van der Waals surface area (Å²) in [6, 6.07) is 0. The van der Waals surface area contributed by atoms with Crippen molar-refractivity contribution >= 4 is 21.8 Å². The minimum atomic E-state index is 0.0534. The molecule has 0 aromatic heterocycles. The zero-order valence-corrected chi connectivity index (χ0v) is 11.4. The van der Waals surface area contributed by atoms with E-state index < -0.39 is 0 Å². The number of alkyl halides is 1. The summed E-state index contributed by atoms with van der Waals surface area (Å²) in [5.41, 5.74) is 0. The number of nitrogens with one attached hydrogen (secondary N) is 1. The van der Waals surface area contributed by atoms with E-state index in [1.54, 1.807) is 0 Å². The van der Waals surface area contributed by atoms with Crippen molar-refractivity contribution in [3.05, 3.63) is 11.8 Å². The van der Waals surface area contributed by atoms with E-state index in [9.17, 15) is 4.79 Å². The summed E-state index contributed by atoms with van der Waals surface area (Å²) in [4.78, 5) is 14.4. The lowest BCUT2D eigenvalue weighted by molar-refractivity contribution is -0.130. The Labute approximate surface area is 109 Å². The van der Waals surface area contributed by atoms with Crippen LogP contribution in [-0.2, 0) is 9.53 Å². The third-order valence-corrected chi connectivity index (χ3v) is 4.97. The smallest absolute Gasteiger partial charge is 0.288 e. The Balaban J connectivity index is 1.66. The van der Waals surface area contributed by atoms with Gasteiger partial charge in [0.15, 0.2) is 5.76 Å². The number of likely N-dealkylation sites (tertiary alicyclic amines) is 1. The molecule has 1 N–H and O–H groups in total. The molecule has 3 rings (SSSR count). The molecule has 2 fully saturated rings. The van der Waals surface area contributed by atoms with Gasteiger partial charge in [0.2, 0.25) is 0 Å². The number of rotatable bonds is 1. The van der Waals surface area contributed by atoms with E-state index in [0.29, 0.717) is 17.6 Å². The quantitative estimate of drug-likeness (QED) is 0.726. The Morgan fingerprint density at radius 1 is 1.47 bits per heavy atom. The summed E-state index contributed by atoms with van der Waals surface area (Å²) in [6.07, 6.45) is 1.94. The van der Waals surface area contributed by atoms with Crippen LogP contribution in [-0.4, -0.2) is 47.9 Å². The lowest BCUT2D eigenvalue weighted by atomic mass is 10.0. The molecule has 0 radical (unpaired) electrons. The molecule has 4 atom stereocenters. The number of halogens is 1. The second-order valence-corrected chi connectivity index (χ2v) is 6.24. The van der Waals surface area contributed by atoms with Gasteiger partial charge >= 0.3 is 0 Å². The Bertz CT molecular complexity index is 360. The molecule has 5 heteroatoms.